The number of amides is 1. The molecular formula is C22H24N6O. The van der Waals surface area contributed by atoms with Crippen LogP contribution >= 0.6 is 0 Å². The van der Waals surface area contributed by atoms with E-state index in [4.69, 9.17) is 0 Å². The van der Waals surface area contributed by atoms with Gasteiger partial charge in [-0.25, -0.2) is 4.98 Å². The highest BCUT2D eigenvalue weighted by Crippen LogP contribution is 2.24. The third-order valence-electron chi connectivity index (χ3n) is 5.03. The van der Waals surface area contributed by atoms with Gasteiger partial charge in [-0.1, -0.05) is 12.1 Å². The molecule has 0 radical (unpaired) electrons. The van der Waals surface area contributed by atoms with E-state index in [2.05, 4.69) is 20.7 Å². The van der Waals surface area contributed by atoms with E-state index in [9.17, 15) is 4.79 Å². The smallest absolute Gasteiger partial charge is 0.257 e. The molecule has 0 unspecified atom stereocenters. The normalized spacial score (nSPS) is 11.2. The maximum absolute atomic E-state index is 13.0. The Balaban J connectivity index is 1.74. The van der Waals surface area contributed by atoms with Crippen LogP contribution in [0.15, 0.2) is 48.7 Å². The van der Waals surface area contributed by atoms with Crippen LogP contribution in [-0.4, -0.2) is 32.3 Å². The second-order valence-electron chi connectivity index (χ2n) is 7.18. The number of anilines is 1. The van der Waals surface area contributed by atoms with Crippen LogP contribution < -0.4 is 10.6 Å². The molecule has 0 aliphatic rings. The SMILES string of the molecule is CNCc1c(C)cc(C(=O)Nc2nc3ccccc3n2-c2ccn(C)n2)cc1C. The lowest BCUT2D eigenvalue weighted by molar-refractivity contribution is 0.102. The van der Waals surface area contributed by atoms with Crippen molar-refractivity contribution in [1.82, 2.24) is 24.6 Å². The van der Waals surface area contributed by atoms with E-state index in [0.29, 0.717) is 17.3 Å². The highest BCUT2D eigenvalue weighted by Gasteiger charge is 2.18. The third-order valence-corrected chi connectivity index (χ3v) is 5.03. The number of carbonyl (C=O) groups excluding carboxylic acids is 1. The van der Waals surface area contributed by atoms with Crippen molar-refractivity contribution < 1.29 is 4.79 Å². The Morgan fingerprint density at radius 2 is 1.83 bits per heavy atom. The molecular weight excluding hydrogens is 364 g/mol. The van der Waals surface area contributed by atoms with Gasteiger partial charge in [-0.2, -0.15) is 5.10 Å². The first-order valence-corrected chi connectivity index (χ1v) is 9.51. The number of aryl methyl sites for hydroxylation is 3. The molecule has 7 heteroatoms. The monoisotopic (exact) mass is 388 g/mol. The molecule has 4 rings (SSSR count). The average Bonchev–Trinajstić information content (AvgIpc) is 3.27. The van der Waals surface area contributed by atoms with E-state index in [1.54, 1.807) is 4.68 Å². The minimum absolute atomic E-state index is 0.195. The average molecular weight is 388 g/mol. The van der Waals surface area contributed by atoms with E-state index in [-0.39, 0.29) is 5.91 Å². The number of imidazole rings is 1. The molecule has 0 saturated heterocycles. The maximum Gasteiger partial charge on any atom is 0.257 e. The number of para-hydroxylation sites is 2. The number of hydrogen-bond donors (Lipinski definition) is 2. The van der Waals surface area contributed by atoms with Crippen molar-refractivity contribution in [2.24, 2.45) is 7.05 Å². The Labute approximate surface area is 169 Å². The summed E-state index contributed by atoms with van der Waals surface area (Å²) < 4.78 is 3.59. The molecule has 7 nitrogen and oxygen atoms in total. The topological polar surface area (TPSA) is 76.8 Å². The fraction of sp³-hybridized carbons (Fsp3) is 0.227. The third kappa shape index (κ3) is 3.52. The number of rotatable bonds is 5. The Hall–Kier alpha value is -3.45. The minimum atomic E-state index is -0.195. The van der Waals surface area contributed by atoms with Gasteiger partial charge in [0.15, 0.2) is 5.82 Å². The first kappa shape index (κ1) is 18.9. The van der Waals surface area contributed by atoms with Crippen LogP contribution in [0.3, 0.4) is 0 Å². The van der Waals surface area contributed by atoms with Crippen molar-refractivity contribution in [2.75, 3.05) is 12.4 Å². The largest absolute Gasteiger partial charge is 0.316 e. The number of fused-ring (bicyclic) bond motifs is 1. The van der Waals surface area contributed by atoms with E-state index >= 15 is 0 Å². The predicted molar refractivity (Wildman–Crippen MR) is 114 cm³/mol. The number of aromatic nitrogens is 4. The summed E-state index contributed by atoms with van der Waals surface area (Å²) in [7, 11) is 3.78. The molecule has 4 aromatic rings. The van der Waals surface area contributed by atoms with Crippen molar-refractivity contribution in [3.8, 4) is 5.82 Å². The van der Waals surface area contributed by atoms with Gasteiger partial charge in [0, 0.05) is 31.4 Å². The van der Waals surface area contributed by atoms with Crippen molar-refractivity contribution in [1.29, 1.82) is 0 Å². The summed E-state index contributed by atoms with van der Waals surface area (Å²) in [6.45, 7) is 4.83. The Morgan fingerprint density at radius 1 is 1.10 bits per heavy atom. The fourth-order valence-corrected chi connectivity index (χ4v) is 3.62. The van der Waals surface area contributed by atoms with Gasteiger partial charge in [0.25, 0.3) is 5.91 Å². The van der Waals surface area contributed by atoms with Crippen molar-refractivity contribution in [2.45, 2.75) is 20.4 Å². The van der Waals surface area contributed by atoms with Crippen LogP contribution in [0.25, 0.3) is 16.9 Å². The van der Waals surface area contributed by atoms with Gasteiger partial charge in [-0.3, -0.25) is 19.4 Å². The molecule has 0 aliphatic carbocycles. The molecule has 0 fully saturated rings. The van der Waals surface area contributed by atoms with Crippen LogP contribution in [0, 0.1) is 13.8 Å². The number of nitrogens with one attached hydrogen (secondary N) is 2. The number of benzene rings is 2. The lowest BCUT2D eigenvalue weighted by atomic mass is 9.99. The van der Waals surface area contributed by atoms with E-state index in [0.717, 1.165) is 28.7 Å². The molecule has 29 heavy (non-hydrogen) atoms. The maximum atomic E-state index is 13.0. The summed E-state index contributed by atoms with van der Waals surface area (Å²) in [4.78, 5) is 17.7. The molecule has 0 bridgehead atoms. The molecule has 2 N–H and O–H groups in total. The molecule has 2 heterocycles. The summed E-state index contributed by atoms with van der Waals surface area (Å²) in [5.74, 6) is 0.956. The lowest BCUT2D eigenvalue weighted by Gasteiger charge is -2.13. The first-order chi connectivity index (χ1) is 14.0. The first-order valence-electron chi connectivity index (χ1n) is 9.51. The molecule has 0 spiro atoms. The Morgan fingerprint density at radius 3 is 2.48 bits per heavy atom. The molecule has 1 amide bonds. The summed E-state index contributed by atoms with van der Waals surface area (Å²) in [6.07, 6.45) is 1.86. The van der Waals surface area contributed by atoms with Gasteiger partial charge in [-0.15, -0.1) is 0 Å². The van der Waals surface area contributed by atoms with Crippen LogP contribution in [0.1, 0.15) is 27.0 Å². The van der Waals surface area contributed by atoms with E-state index in [1.165, 1.54) is 5.56 Å². The zero-order valence-corrected chi connectivity index (χ0v) is 17.0. The van der Waals surface area contributed by atoms with E-state index < -0.39 is 0 Å². The van der Waals surface area contributed by atoms with Crippen molar-refractivity contribution in [3.05, 3.63) is 70.9 Å². The zero-order chi connectivity index (χ0) is 20.5. The molecule has 148 valence electrons. The fourth-order valence-electron chi connectivity index (χ4n) is 3.62. The van der Waals surface area contributed by atoms with Gasteiger partial charge >= 0.3 is 0 Å². The molecule has 0 saturated carbocycles. The predicted octanol–water partition coefficient (Wildman–Crippen LogP) is 3.35. The highest BCUT2D eigenvalue weighted by atomic mass is 16.1. The van der Waals surface area contributed by atoms with Gasteiger partial charge in [0.1, 0.15) is 0 Å². The number of hydrogen-bond acceptors (Lipinski definition) is 4. The molecule has 2 aromatic heterocycles. The molecule has 0 atom stereocenters. The summed E-state index contributed by atoms with van der Waals surface area (Å²) in [5, 5.41) is 10.6. The van der Waals surface area contributed by atoms with Crippen LogP contribution in [0.2, 0.25) is 0 Å². The van der Waals surface area contributed by atoms with Gasteiger partial charge in [0.05, 0.1) is 11.0 Å². The van der Waals surface area contributed by atoms with Crippen molar-refractivity contribution in [3.63, 3.8) is 0 Å². The van der Waals surface area contributed by atoms with Crippen molar-refractivity contribution >= 4 is 22.9 Å². The van der Waals surface area contributed by atoms with Gasteiger partial charge in [-0.05, 0) is 61.9 Å². The van der Waals surface area contributed by atoms with Gasteiger partial charge < -0.3 is 5.32 Å². The number of carbonyl (C=O) groups is 1. The minimum Gasteiger partial charge on any atom is -0.316 e. The lowest BCUT2D eigenvalue weighted by Crippen LogP contribution is -2.17. The van der Waals surface area contributed by atoms with Crippen LogP contribution in [0.5, 0.6) is 0 Å². The summed E-state index contributed by atoms with van der Waals surface area (Å²) in [6, 6.07) is 13.5. The molecule has 0 aliphatic heterocycles. The molecule has 2 aromatic carbocycles. The standard InChI is InChI=1S/C22H24N6O/c1-14-11-16(12-15(2)17(14)13-23-3)21(29)25-22-24-18-7-5-6-8-19(18)28(22)20-9-10-27(4)26-20/h5-12,23H,13H2,1-4H3,(H,24,25,29). The zero-order valence-electron chi connectivity index (χ0n) is 17.0. The highest BCUT2D eigenvalue weighted by molar-refractivity contribution is 6.04. The van der Waals surface area contributed by atoms with E-state index in [1.807, 2.05) is 81.2 Å². The summed E-state index contributed by atoms with van der Waals surface area (Å²) in [5.41, 5.74) is 5.68. The second-order valence-corrected chi connectivity index (χ2v) is 7.18. The Kier molecular flexibility index (Phi) is 4.90. The van der Waals surface area contributed by atoms with Gasteiger partial charge in [0.2, 0.25) is 5.95 Å². The van der Waals surface area contributed by atoms with Crippen LogP contribution in [-0.2, 0) is 13.6 Å². The second kappa shape index (κ2) is 7.52. The van der Waals surface area contributed by atoms with Crippen LogP contribution in [0.4, 0.5) is 5.95 Å². The Bertz CT molecular complexity index is 1180. The summed E-state index contributed by atoms with van der Waals surface area (Å²) >= 11 is 0. The quantitative estimate of drug-likeness (QED) is 0.550. The number of nitrogens with zero attached hydrogens (tertiary/aromatic N) is 4.